The van der Waals surface area contributed by atoms with Gasteiger partial charge in [0.1, 0.15) is 22.3 Å². The molecular weight excluding hydrogens is 260 g/mol. The van der Waals surface area contributed by atoms with Crippen molar-refractivity contribution in [3.05, 3.63) is 35.9 Å². The Morgan fingerprint density at radius 3 is 2.63 bits per heavy atom. The summed E-state index contributed by atoms with van der Waals surface area (Å²) in [6.07, 6.45) is 0. The summed E-state index contributed by atoms with van der Waals surface area (Å²) < 4.78 is 4.26. The summed E-state index contributed by atoms with van der Waals surface area (Å²) in [6, 6.07) is 11.3. The van der Waals surface area contributed by atoms with E-state index in [1.807, 2.05) is 30.3 Å². The number of nitrogens with zero attached hydrogens (tertiary/aromatic N) is 3. The SMILES string of the molecule is CN(C)C(=O)Nc1snc(-c2ccccc2)c1C#N. The van der Waals surface area contributed by atoms with Crippen molar-refractivity contribution in [2.45, 2.75) is 0 Å². The highest BCUT2D eigenvalue weighted by atomic mass is 32.1. The zero-order valence-corrected chi connectivity index (χ0v) is 11.4. The summed E-state index contributed by atoms with van der Waals surface area (Å²) in [5.74, 6) is 0. The molecule has 1 heterocycles. The first-order valence-corrected chi connectivity index (χ1v) is 6.34. The van der Waals surface area contributed by atoms with E-state index in [2.05, 4.69) is 15.8 Å². The van der Waals surface area contributed by atoms with Crippen LogP contribution in [0, 0.1) is 11.3 Å². The van der Waals surface area contributed by atoms with Crippen molar-refractivity contribution < 1.29 is 4.79 Å². The van der Waals surface area contributed by atoms with E-state index in [0.717, 1.165) is 17.1 Å². The van der Waals surface area contributed by atoms with E-state index in [9.17, 15) is 10.1 Å². The fourth-order valence-corrected chi connectivity index (χ4v) is 2.23. The molecule has 6 heteroatoms. The van der Waals surface area contributed by atoms with Gasteiger partial charge in [0.25, 0.3) is 0 Å². The first kappa shape index (κ1) is 13.1. The molecule has 0 bridgehead atoms. The van der Waals surface area contributed by atoms with E-state index < -0.39 is 0 Å². The Bertz CT molecular complexity index is 628. The molecular formula is C13H12N4OS. The Balaban J connectivity index is 2.37. The van der Waals surface area contributed by atoms with Crippen molar-refractivity contribution in [3.63, 3.8) is 0 Å². The van der Waals surface area contributed by atoms with Crippen molar-refractivity contribution >= 4 is 22.6 Å². The number of nitrogens with one attached hydrogen (secondary N) is 1. The van der Waals surface area contributed by atoms with Gasteiger partial charge in [-0.2, -0.15) is 9.64 Å². The number of amides is 2. The van der Waals surface area contributed by atoms with Gasteiger partial charge in [-0.1, -0.05) is 30.3 Å². The van der Waals surface area contributed by atoms with Crippen molar-refractivity contribution in [2.24, 2.45) is 0 Å². The number of carbonyl (C=O) groups excluding carboxylic acids is 1. The number of hydrogen-bond donors (Lipinski definition) is 1. The molecule has 0 aliphatic carbocycles. The largest absolute Gasteiger partial charge is 0.331 e. The lowest BCUT2D eigenvalue weighted by Gasteiger charge is -2.10. The van der Waals surface area contributed by atoms with Crippen molar-refractivity contribution in [2.75, 3.05) is 19.4 Å². The van der Waals surface area contributed by atoms with Gasteiger partial charge in [0.15, 0.2) is 0 Å². The smallest absolute Gasteiger partial charge is 0.322 e. The van der Waals surface area contributed by atoms with E-state index in [-0.39, 0.29) is 6.03 Å². The second-order valence-electron chi connectivity index (χ2n) is 4.04. The number of rotatable bonds is 2. The molecule has 0 radical (unpaired) electrons. The highest BCUT2D eigenvalue weighted by Crippen LogP contribution is 2.31. The Labute approximate surface area is 115 Å². The van der Waals surface area contributed by atoms with E-state index in [1.54, 1.807) is 14.1 Å². The summed E-state index contributed by atoms with van der Waals surface area (Å²) >= 11 is 1.11. The molecule has 96 valence electrons. The molecule has 0 aliphatic rings. The Morgan fingerprint density at radius 1 is 1.37 bits per heavy atom. The minimum Gasteiger partial charge on any atom is -0.331 e. The molecule has 2 rings (SSSR count). The quantitative estimate of drug-likeness (QED) is 0.914. The molecule has 1 aromatic carbocycles. The lowest BCUT2D eigenvalue weighted by molar-refractivity contribution is 0.231. The lowest BCUT2D eigenvalue weighted by Crippen LogP contribution is -2.27. The molecule has 0 spiro atoms. The van der Waals surface area contributed by atoms with Crippen molar-refractivity contribution in [1.82, 2.24) is 9.27 Å². The highest BCUT2D eigenvalue weighted by Gasteiger charge is 2.17. The molecule has 2 amide bonds. The number of carbonyl (C=O) groups is 1. The first-order chi connectivity index (χ1) is 9.13. The summed E-state index contributed by atoms with van der Waals surface area (Å²) in [5, 5.41) is 12.4. The second-order valence-corrected chi connectivity index (χ2v) is 4.81. The molecule has 0 saturated heterocycles. The van der Waals surface area contributed by atoms with E-state index >= 15 is 0 Å². The van der Waals surface area contributed by atoms with Gasteiger partial charge in [0.2, 0.25) is 0 Å². The van der Waals surface area contributed by atoms with Gasteiger partial charge in [-0.15, -0.1) is 0 Å². The van der Waals surface area contributed by atoms with Gasteiger partial charge >= 0.3 is 6.03 Å². The van der Waals surface area contributed by atoms with Crippen molar-refractivity contribution in [3.8, 4) is 17.3 Å². The van der Waals surface area contributed by atoms with Gasteiger partial charge in [0.05, 0.1) is 0 Å². The van der Waals surface area contributed by atoms with E-state index in [1.165, 1.54) is 4.90 Å². The van der Waals surface area contributed by atoms with Gasteiger partial charge in [-0.25, -0.2) is 4.79 Å². The normalized spacial score (nSPS) is 9.74. The van der Waals surface area contributed by atoms with E-state index in [0.29, 0.717) is 16.3 Å². The molecule has 1 aromatic heterocycles. The number of nitriles is 1. The van der Waals surface area contributed by atoms with Gasteiger partial charge < -0.3 is 4.90 Å². The number of benzene rings is 1. The minimum absolute atomic E-state index is 0.278. The minimum atomic E-state index is -0.278. The Hall–Kier alpha value is -2.39. The molecule has 19 heavy (non-hydrogen) atoms. The molecule has 0 fully saturated rings. The molecule has 5 nitrogen and oxygen atoms in total. The van der Waals surface area contributed by atoms with Crippen LogP contribution in [-0.4, -0.2) is 29.4 Å². The number of hydrogen-bond acceptors (Lipinski definition) is 4. The molecule has 0 atom stereocenters. The topological polar surface area (TPSA) is 69.0 Å². The van der Waals surface area contributed by atoms with Crippen LogP contribution in [0.5, 0.6) is 0 Å². The zero-order chi connectivity index (χ0) is 13.8. The third kappa shape index (κ3) is 2.72. The molecule has 0 saturated carbocycles. The summed E-state index contributed by atoms with van der Waals surface area (Å²) in [7, 11) is 3.28. The third-order valence-corrected chi connectivity index (χ3v) is 3.24. The van der Waals surface area contributed by atoms with Gasteiger partial charge in [0, 0.05) is 19.7 Å². The highest BCUT2D eigenvalue weighted by molar-refractivity contribution is 7.11. The Morgan fingerprint density at radius 2 is 2.05 bits per heavy atom. The average molecular weight is 272 g/mol. The molecule has 1 N–H and O–H groups in total. The predicted molar refractivity (Wildman–Crippen MR) is 75.0 cm³/mol. The third-order valence-electron chi connectivity index (χ3n) is 2.48. The fraction of sp³-hybridized carbons (Fsp3) is 0.154. The summed E-state index contributed by atoms with van der Waals surface area (Å²) in [4.78, 5) is 13.0. The monoisotopic (exact) mass is 272 g/mol. The molecule has 0 unspecified atom stereocenters. The standard InChI is InChI=1S/C13H12N4OS/c1-17(2)13(18)15-12-10(8-14)11(16-19-12)9-6-4-3-5-7-9/h3-7H,1-2H3,(H,15,18). The second kappa shape index (κ2) is 5.50. The maximum atomic E-state index is 11.6. The van der Waals surface area contributed by atoms with E-state index in [4.69, 9.17) is 0 Å². The van der Waals surface area contributed by atoms with Gasteiger partial charge in [-0.3, -0.25) is 5.32 Å². The number of urea groups is 1. The maximum Gasteiger partial charge on any atom is 0.322 e. The Kier molecular flexibility index (Phi) is 3.78. The van der Waals surface area contributed by atoms with Gasteiger partial charge in [-0.05, 0) is 11.5 Å². The lowest BCUT2D eigenvalue weighted by atomic mass is 10.1. The van der Waals surface area contributed by atoms with Crippen LogP contribution in [0.1, 0.15) is 5.56 Å². The van der Waals surface area contributed by atoms with Crippen LogP contribution >= 0.6 is 11.5 Å². The average Bonchev–Trinajstić information content (AvgIpc) is 2.82. The van der Waals surface area contributed by atoms with Crippen molar-refractivity contribution in [1.29, 1.82) is 5.26 Å². The zero-order valence-electron chi connectivity index (χ0n) is 10.5. The summed E-state index contributed by atoms with van der Waals surface area (Å²) in [5.41, 5.74) is 1.86. The summed E-state index contributed by atoms with van der Waals surface area (Å²) in [6.45, 7) is 0. The number of anilines is 1. The van der Waals surface area contributed by atoms with Crippen LogP contribution in [0.4, 0.5) is 9.80 Å². The maximum absolute atomic E-state index is 11.6. The van der Waals surface area contributed by atoms with Crippen LogP contribution in [0.25, 0.3) is 11.3 Å². The van der Waals surface area contributed by atoms with Crippen LogP contribution < -0.4 is 5.32 Å². The molecule has 2 aromatic rings. The van der Waals surface area contributed by atoms with Crippen LogP contribution in [0.15, 0.2) is 30.3 Å². The predicted octanol–water partition coefficient (Wildman–Crippen LogP) is 2.78. The fourth-order valence-electron chi connectivity index (χ4n) is 1.48. The first-order valence-electron chi connectivity index (χ1n) is 5.57. The van der Waals surface area contributed by atoms with Crippen LogP contribution in [0.3, 0.4) is 0 Å². The van der Waals surface area contributed by atoms with Crippen LogP contribution in [0.2, 0.25) is 0 Å². The molecule has 0 aliphatic heterocycles. The number of aromatic nitrogens is 1. The van der Waals surface area contributed by atoms with Crippen LogP contribution in [-0.2, 0) is 0 Å².